The van der Waals surface area contributed by atoms with Crippen molar-refractivity contribution in [2.24, 2.45) is 0 Å². The molecule has 0 aromatic carbocycles. The van der Waals surface area contributed by atoms with Crippen molar-refractivity contribution in [1.29, 1.82) is 0 Å². The molecule has 0 fully saturated rings. The van der Waals surface area contributed by atoms with E-state index >= 15 is 0 Å². The van der Waals surface area contributed by atoms with E-state index in [1.54, 1.807) is 13.0 Å². The molecule has 0 saturated carbocycles. The minimum Gasteiger partial charge on any atom is -0.435 e. The summed E-state index contributed by atoms with van der Waals surface area (Å²) in [7, 11) is 0. The lowest BCUT2D eigenvalue weighted by Gasteiger charge is -1.91. The van der Waals surface area contributed by atoms with E-state index in [9.17, 15) is 4.79 Å². The summed E-state index contributed by atoms with van der Waals surface area (Å²) in [6.07, 6.45) is 3.53. The van der Waals surface area contributed by atoms with Gasteiger partial charge in [-0.2, -0.15) is 0 Å². The molecule has 0 aliphatic carbocycles. The monoisotopic (exact) mass is 192 g/mol. The lowest BCUT2D eigenvalue weighted by atomic mass is 10.5. The second-order valence-corrected chi connectivity index (χ2v) is 2.02. The zero-order valence-corrected chi connectivity index (χ0v) is 6.85. The van der Waals surface area contributed by atoms with Crippen LogP contribution in [0.4, 0.5) is 0 Å². The Morgan fingerprint density at radius 3 is 2.89 bits per heavy atom. The van der Waals surface area contributed by atoms with Crippen molar-refractivity contribution >= 4 is 21.9 Å². The highest BCUT2D eigenvalue weighted by atomic mass is 79.9. The van der Waals surface area contributed by atoms with Crippen LogP contribution in [0.1, 0.15) is 13.3 Å². The van der Waals surface area contributed by atoms with Gasteiger partial charge in [0.25, 0.3) is 0 Å². The molecule has 52 valence electrons. The van der Waals surface area contributed by atoms with E-state index in [4.69, 9.17) is 0 Å². The Bertz CT molecular complexity index is 110. The zero-order chi connectivity index (χ0) is 7.11. The minimum atomic E-state index is -0.202. The van der Waals surface area contributed by atoms with Crippen molar-refractivity contribution in [3.63, 3.8) is 0 Å². The van der Waals surface area contributed by atoms with Gasteiger partial charge in [-0.15, -0.1) is 0 Å². The van der Waals surface area contributed by atoms with Crippen LogP contribution in [-0.2, 0) is 9.53 Å². The number of carbonyl (C=O) groups is 1. The van der Waals surface area contributed by atoms with Crippen LogP contribution in [0.5, 0.6) is 0 Å². The Morgan fingerprint density at radius 2 is 2.44 bits per heavy atom. The summed E-state index contributed by atoms with van der Waals surface area (Å²) in [4.78, 5) is 10.4. The molecule has 0 N–H and O–H groups in total. The van der Waals surface area contributed by atoms with Crippen LogP contribution in [0.15, 0.2) is 12.3 Å². The molecule has 0 radical (unpaired) electrons. The molecule has 2 nitrogen and oxygen atoms in total. The van der Waals surface area contributed by atoms with Gasteiger partial charge in [-0.25, -0.2) is 0 Å². The Hall–Kier alpha value is -0.310. The first-order chi connectivity index (χ1) is 4.31. The number of hydrogen-bond acceptors (Lipinski definition) is 2. The highest BCUT2D eigenvalue weighted by molar-refractivity contribution is 9.09. The number of alkyl halides is 1. The fourth-order valence-corrected chi connectivity index (χ4v) is 0.396. The number of halogens is 1. The molecule has 0 rings (SSSR count). The van der Waals surface area contributed by atoms with Gasteiger partial charge in [0.15, 0.2) is 0 Å². The topological polar surface area (TPSA) is 26.3 Å². The van der Waals surface area contributed by atoms with E-state index in [2.05, 4.69) is 20.7 Å². The minimum absolute atomic E-state index is 0.202. The fraction of sp³-hybridized carbons (Fsp3) is 0.500. The molecular formula is C6H9BrO2. The number of carbonyl (C=O) groups excluding carboxylic acids is 1. The summed E-state index contributed by atoms with van der Waals surface area (Å²) in [5.41, 5.74) is 0. The summed E-state index contributed by atoms with van der Waals surface area (Å²) in [5, 5.41) is 0.712. The zero-order valence-electron chi connectivity index (χ0n) is 5.26. The van der Waals surface area contributed by atoms with Gasteiger partial charge in [0.2, 0.25) is 0 Å². The first-order valence-corrected chi connectivity index (χ1v) is 3.83. The molecule has 0 atom stereocenters. The van der Waals surface area contributed by atoms with E-state index < -0.39 is 0 Å². The summed E-state index contributed by atoms with van der Waals surface area (Å²) in [5.74, 6) is -0.202. The molecule has 0 bridgehead atoms. The van der Waals surface area contributed by atoms with E-state index in [0.717, 1.165) is 0 Å². The number of hydrogen-bond donors (Lipinski definition) is 0. The molecule has 3 heteroatoms. The average Bonchev–Trinajstić information content (AvgIpc) is 1.89. The van der Waals surface area contributed by atoms with Crippen molar-refractivity contribution in [2.75, 3.05) is 5.33 Å². The predicted molar refractivity (Wildman–Crippen MR) is 39.3 cm³/mol. The van der Waals surface area contributed by atoms with E-state index in [0.29, 0.717) is 11.8 Å². The molecule has 0 unspecified atom stereocenters. The standard InChI is InChI=1S/C6H9BrO2/c1-2-6(8)9-5-3-4-7/h3,5H,2,4H2,1H3/b5-3+. The van der Waals surface area contributed by atoms with Crippen molar-refractivity contribution < 1.29 is 9.53 Å². The van der Waals surface area contributed by atoms with Crippen LogP contribution in [0.2, 0.25) is 0 Å². The van der Waals surface area contributed by atoms with E-state index in [-0.39, 0.29) is 5.97 Å². The Labute approximate surface area is 63.0 Å². The lowest BCUT2D eigenvalue weighted by molar-refractivity contribution is -0.137. The highest BCUT2D eigenvalue weighted by Gasteiger charge is 1.91. The molecule has 0 aromatic heterocycles. The van der Waals surface area contributed by atoms with Crippen LogP contribution in [0.25, 0.3) is 0 Å². The molecule has 0 aliphatic rings. The molecular weight excluding hydrogens is 184 g/mol. The summed E-state index contributed by atoms with van der Waals surface area (Å²) < 4.78 is 4.58. The maximum Gasteiger partial charge on any atom is 0.310 e. The number of esters is 1. The number of rotatable bonds is 3. The largest absolute Gasteiger partial charge is 0.435 e. The van der Waals surface area contributed by atoms with Gasteiger partial charge in [-0.05, 0) is 6.08 Å². The van der Waals surface area contributed by atoms with Gasteiger partial charge in [0, 0.05) is 11.8 Å². The Morgan fingerprint density at radius 1 is 1.78 bits per heavy atom. The quantitative estimate of drug-likeness (QED) is 0.388. The SMILES string of the molecule is CCC(=O)O/C=C/CBr. The van der Waals surface area contributed by atoms with Crippen molar-refractivity contribution in [3.8, 4) is 0 Å². The smallest absolute Gasteiger partial charge is 0.310 e. The van der Waals surface area contributed by atoms with Gasteiger partial charge >= 0.3 is 5.97 Å². The summed E-state index contributed by atoms with van der Waals surface area (Å²) >= 11 is 3.14. The molecule has 0 heterocycles. The second-order valence-electron chi connectivity index (χ2n) is 1.37. The second kappa shape index (κ2) is 5.82. The average molecular weight is 193 g/mol. The summed E-state index contributed by atoms with van der Waals surface area (Å²) in [6.45, 7) is 1.75. The van der Waals surface area contributed by atoms with Crippen LogP contribution < -0.4 is 0 Å². The molecule has 0 spiro atoms. The van der Waals surface area contributed by atoms with Gasteiger partial charge in [0.05, 0.1) is 6.26 Å². The van der Waals surface area contributed by atoms with Gasteiger partial charge < -0.3 is 4.74 Å². The van der Waals surface area contributed by atoms with Crippen molar-refractivity contribution in [3.05, 3.63) is 12.3 Å². The van der Waals surface area contributed by atoms with Gasteiger partial charge in [-0.1, -0.05) is 22.9 Å². The van der Waals surface area contributed by atoms with Gasteiger partial charge in [-0.3, -0.25) is 4.79 Å². The molecule has 0 aliphatic heterocycles. The maximum absolute atomic E-state index is 10.4. The third kappa shape index (κ3) is 5.56. The van der Waals surface area contributed by atoms with Crippen molar-refractivity contribution in [1.82, 2.24) is 0 Å². The third-order valence-corrected chi connectivity index (χ3v) is 1.05. The highest BCUT2D eigenvalue weighted by Crippen LogP contribution is 1.87. The number of ether oxygens (including phenoxy) is 1. The molecule has 0 aromatic rings. The Balaban J connectivity index is 3.26. The lowest BCUT2D eigenvalue weighted by Crippen LogP contribution is -1.94. The first-order valence-electron chi connectivity index (χ1n) is 2.71. The molecule has 9 heavy (non-hydrogen) atoms. The van der Waals surface area contributed by atoms with Gasteiger partial charge in [0.1, 0.15) is 0 Å². The van der Waals surface area contributed by atoms with E-state index in [1.165, 1.54) is 6.26 Å². The van der Waals surface area contributed by atoms with Crippen LogP contribution in [-0.4, -0.2) is 11.3 Å². The van der Waals surface area contributed by atoms with E-state index in [1.807, 2.05) is 0 Å². The summed E-state index contributed by atoms with van der Waals surface area (Å²) in [6, 6.07) is 0. The fourth-order valence-electron chi connectivity index (χ4n) is 0.244. The third-order valence-electron chi connectivity index (χ3n) is 0.673. The normalized spacial score (nSPS) is 10.0. The van der Waals surface area contributed by atoms with Crippen molar-refractivity contribution in [2.45, 2.75) is 13.3 Å². The molecule has 0 amide bonds. The van der Waals surface area contributed by atoms with Crippen LogP contribution in [0.3, 0.4) is 0 Å². The number of allylic oxidation sites excluding steroid dienone is 1. The maximum atomic E-state index is 10.4. The molecule has 0 saturated heterocycles. The van der Waals surface area contributed by atoms with Crippen LogP contribution >= 0.6 is 15.9 Å². The first kappa shape index (κ1) is 8.69. The Kier molecular flexibility index (Phi) is 5.62. The predicted octanol–water partition coefficient (Wildman–Crippen LogP) is 1.85. The van der Waals surface area contributed by atoms with Crippen LogP contribution in [0, 0.1) is 0 Å².